The van der Waals surface area contributed by atoms with Crippen molar-refractivity contribution in [3.8, 4) is 5.75 Å². The molecule has 0 radical (unpaired) electrons. The van der Waals surface area contributed by atoms with Crippen molar-refractivity contribution in [1.82, 2.24) is 0 Å². The lowest BCUT2D eigenvalue weighted by atomic mass is 10.0. The fourth-order valence-corrected chi connectivity index (χ4v) is 1.61. The van der Waals surface area contributed by atoms with E-state index < -0.39 is 0 Å². The van der Waals surface area contributed by atoms with Crippen LogP contribution in [0.5, 0.6) is 5.75 Å². The third kappa shape index (κ3) is 3.70. The van der Waals surface area contributed by atoms with E-state index in [0.717, 1.165) is 23.4 Å². The maximum atomic E-state index is 5.11. The van der Waals surface area contributed by atoms with Gasteiger partial charge in [0, 0.05) is 5.33 Å². The molecule has 1 nitrogen and oxygen atoms in total. The number of halogens is 1. The Morgan fingerprint density at radius 1 is 1.29 bits per heavy atom. The van der Waals surface area contributed by atoms with Crippen molar-refractivity contribution >= 4 is 15.9 Å². The Bertz CT molecular complexity index is 256. The molecule has 0 spiro atoms. The second-order valence-electron chi connectivity index (χ2n) is 3.65. The van der Waals surface area contributed by atoms with E-state index in [-0.39, 0.29) is 0 Å². The number of ether oxygens (including phenoxy) is 1. The van der Waals surface area contributed by atoms with Crippen molar-refractivity contribution in [2.75, 3.05) is 12.4 Å². The Kier molecular flexibility index (Phi) is 5.02. The predicted octanol–water partition coefficient (Wildman–Crippen LogP) is 3.66. The van der Waals surface area contributed by atoms with Crippen LogP contribution in [0.15, 0.2) is 24.3 Å². The van der Waals surface area contributed by atoms with Gasteiger partial charge in [-0.3, -0.25) is 0 Å². The van der Waals surface area contributed by atoms with Crippen molar-refractivity contribution < 1.29 is 4.74 Å². The van der Waals surface area contributed by atoms with Gasteiger partial charge < -0.3 is 4.74 Å². The smallest absolute Gasteiger partial charge is 0.118 e. The van der Waals surface area contributed by atoms with Gasteiger partial charge in [-0.05, 0) is 36.5 Å². The number of hydrogen-bond donors (Lipinski definition) is 0. The van der Waals surface area contributed by atoms with Crippen LogP contribution >= 0.6 is 15.9 Å². The molecule has 14 heavy (non-hydrogen) atoms. The number of alkyl halides is 1. The predicted molar refractivity (Wildman–Crippen MR) is 64.3 cm³/mol. The molecule has 0 fully saturated rings. The highest BCUT2D eigenvalue weighted by molar-refractivity contribution is 9.09. The van der Waals surface area contributed by atoms with Crippen LogP contribution < -0.4 is 4.74 Å². The minimum absolute atomic E-state index is 0.747. The van der Waals surface area contributed by atoms with Crippen LogP contribution in [0, 0.1) is 5.92 Å². The Morgan fingerprint density at radius 2 is 1.93 bits per heavy atom. The quantitative estimate of drug-likeness (QED) is 0.731. The summed E-state index contributed by atoms with van der Waals surface area (Å²) in [7, 11) is 1.70. The van der Waals surface area contributed by atoms with Crippen molar-refractivity contribution in [3.63, 3.8) is 0 Å². The van der Waals surface area contributed by atoms with Gasteiger partial charge in [0.05, 0.1) is 7.11 Å². The summed E-state index contributed by atoms with van der Waals surface area (Å²) >= 11 is 3.49. The SMILES string of the molecule is COc1ccc(CCC(C)CBr)cc1. The van der Waals surface area contributed by atoms with Gasteiger partial charge in [0.1, 0.15) is 5.75 Å². The van der Waals surface area contributed by atoms with E-state index >= 15 is 0 Å². The normalized spacial score (nSPS) is 12.5. The number of methoxy groups -OCH3 is 1. The average molecular weight is 257 g/mol. The van der Waals surface area contributed by atoms with Crippen molar-refractivity contribution in [2.24, 2.45) is 5.92 Å². The maximum Gasteiger partial charge on any atom is 0.118 e. The van der Waals surface area contributed by atoms with E-state index in [1.165, 1.54) is 12.0 Å². The van der Waals surface area contributed by atoms with Crippen LogP contribution in [0.3, 0.4) is 0 Å². The second kappa shape index (κ2) is 6.07. The van der Waals surface area contributed by atoms with E-state index in [9.17, 15) is 0 Å². The summed E-state index contributed by atoms with van der Waals surface area (Å²) in [6, 6.07) is 8.32. The van der Waals surface area contributed by atoms with Gasteiger partial charge >= 0.3 is 0 Å². The molecule has 0 saturated carbocycles. The van der Waals surface area contributed by atoms with E-state index in [1.807, 2.05) is 12.1 Å². The molecule has 1 atom stereocenters. The van der Waals surface area contributed by atoms with E-state index in [4.69, 9.17) is 4.74 Å². The van der Waals surface area contributed by atoms with Gasteiger partial charge in [-0.15, -0.1) is 0 Å². The lowest BCUT2D eigenvalue weighted by Gasteiger charge is -2.07. The molecule has 0 aromatic heterocycles. The summed E-state index contributed by atoms with van der Waals surface area (Å²) in [5.74, 6) is 1.68. The van der Waals surface area contributed by atoms with Crippen molar-refractivity contribution in [1.29, 1.82) is 0 Å². The van der Waals surface area contributed by atoms with Gasteiger partial charge in [0.25, 0.3) is 0 Å². The van der Waals surface area contributed by atoms with Crippen molar-refractivity contribution in [2.45, 2.75) is 19.8 Å². The molecule has 1 aromatic rings. The van der Waals surface area contributed by atoms with Crippen LogP contribution in [0.25, 0.3) is 0 Å². The Labute approximate surface area is 94.6 Å². The first-order valence-corrected chi connectivity index (χ1v) is 6.07. The molecule has 0 heterocycles. The third-order valence-corrected chi connectivity index (χ3v) is 3.45. The molecule has 0 aliphatic heterocycles. The zero-order valence-electron chi connectivity index (χ0n) is 8.79. The molecule has 78 valence electrons. The van der Waals surface area contributed by atoms with Crippen LogP contribution in [0.2, 0.25) is 0 Å². The first-order valence-electron chi connectivity index (χ1n) is 4.95. The minimum atomic E-state index is 0.747. The highest BCUT2D eigenvalue weighted by atomic mass is 79.9. The Hall–Kier alpha value is -0.500. The maximum absolute atomic E-state index is 5.11. The minimum Gasteiger partial charge on any atom is -0.497 e. The summed E-state index contributed by atoms with van der Waals surface area (Å²) < 4.78 is 5.11. The lowest BCUT2D eigenvalue weighted by Crippen LogP contribution is -1.98. The summed E-state index contributed by atoms with van der Waals surface area (Å²) in [5.41, 5.74) is 1.39. The molecule has 0 saturated heterocycles. The van der Waals surface area contributed by atoms with Gasteiger partial charge in [0.2, 0.25) is 0 Å². The average Bonchev–Trinajstić information content (AvgIpc) is 2.26. The topological polar surface area (TPSA) is 9.23 Å². The molecule has 1 aromatic carbocycles. The molecule has 0 bridgehead atoms. The Balaban J connectivity index is 2.43. The van der Waals surface area contributed by atoms with Gasteiger partial charge in [-0.25, -0.2) is 0 Å². The second-order valence-corrected chi connectivity index (χ2v) is 4.29. The fourth-order valence-electron chi connectivity index (χ4n) is 1.28. The highest BCUT2D eigenvalue weighted by Gasteiger charge is 2.00. The number of rotatable bonds is 5. The summed E-state index contributed by atoms with van der Waals surface area (Å²) in [6.07, 6.45) is 2.38. The molecular weight excluding hydrogens is 240 g/mol. The monoisotopic (exact) mass is 256 g/mol. The molecule has 2 heteroatoms. The molecule has 0 aliphatic carbocycles. The van der Waals surface area contributed by atoms with Gasteiger partial charge in [-0.1, -0.05) is 35.0 Å². The van der Waals surface area contributed by atoms with E-state index in [1.54, 1.807) is 7.11 Å². The highest BCUT2D eigenvalue weighted by Crippen LogP contribution is 2.15. The first-order chi connectivity index (χ1) is 6.76. The standard InChI is InChI=1S/C12H17BrO/c1-10(9-13)3-4-11-5-7-12(14-2)8-6-11/h5-8,10H,3-4,9H2,1-2H3. The molecule has 0 aliphatic rings. The molecule has 1 unspecified atom stereocenters. The number of benzene rings is 1. The fraction of sp³-hybridized carbons (Fsp3) is 0.500. The molecule has 1 rings (SSSR count). The number of hydrogen-bond acceptors (Lipinski definition) is 1. The zero-order chi connectivity index (χ0) is 10.4. The Morgan fingerprint density at radius 3 is 2.43 bits per heavy atom. The van der Waals surface area contributed by atoms with E-state index in [0.29, 0.717) is 0 Å². The summed E-state index contributed by atoms with van der Waals surface area (Å²) in [4.78, 5) is 0. The van der Waals surface area contributed by atoms with Crippen LogP contribution in [-0.2, 0) is 6.42 Å². The van der Waals surface area contributed by atoms with Crippen LogP contribution in [0.1, 0.15) is 18.9 Å². The van der Waals surface area contributed by atoms with Crippen molar-refractivity contribution in [3.05, 3.63) is 29.8 Å². The van der Waals surface area contributed by atoms with Gasteiger partial charge in [-0.2, -0.15) is 0 Å². The summed E-state index contributed by atoms with van der Waals surface area (Å²) in [6.45, 7) is 2.26. The molecule has 0 amide bonds. The lowest BCUT2D eigenvalue weighted by molar-refractivity contribution is 0.414. The zero-order valence-corrected chi connectivity index (χ0v) is 10.4. The molecule has 0 N–H and O–H groups in total. The summed E-state index contributed by atoms with van der Waals surface area (Å²) in [5, 5.41) is 1.09. The van der Waals surface area contributed by atoms with Gasteiger partial charge in [0.15, 0.2) is 0 Å². The first kappa shape index (κ1) is 11.6. The van der Waals surface area contributed by atoms with Crippen LogP contribution in [0.4, 0.5) is 0 Å². The third-order valence-electron chi connectivity index (χ3n) is 2.35. The van der Waals surface area contributed by atoms with Crippen LogP contribution in [-0.4, -0.2) is 12.4 Å². The molecular formula is C12H17BrO. The largest absolute Gasteiger partial charge is 0.497 e. The van der Waals surface area contributed by atoms with E-state index in [2.05, 4.69) is 35.0 Å². The number of aryl methyl sites for hydroxylation is 1.